The fraction of sp³-hybridized carbons (Fsp3) is 0.0690. The van der Waals surface area contributed by atoms with Crippen molar-refractivity contribution in [2.45, 2.75) is 25.7 Å². The van der Waals surface area contributed by atoms with Gasteiger partial charge in [0.25, 0.3) is 0 Å². The number of rotatable bonds is 3. The minimum atomic E-state index is -0.228. The average Bonchev–Trinajstić information content (AvgIpc) is 3.80. The van der Waals surface area contributed by atoms with Gasteiger partial charge in [-0.15, -0.1) is 0 Å². The Morgan fingerprint density at radius 3 is 1.68 bits per heavy atom. The van der Waals surface area contributed by atoms with Crippen molar-refractivity contribution in [3.05, 3.63) is 216 Å². The first-order chi connectivity index (χ1) is 29.4. The summed E-state index contributed by atoms with van der Waals surface area (Å²) >= 11 is 0. The van der Waals surface area contributed by atoms with E-state index in [1.165, 1.54) is 104 Å². The van der Waals surface area contributed by atoms with E-state index in [9.17, 15) is 0 Å². The molecule has 2 aromatic heterocycles. The molecule has 0 amide bonds. The number of fused-ring (bicyclic) bond motifs is 13. The minimum absolute atomic E-state index is 0.228. The van der Waals surface area contributed by atoms with Crippen molar-refractivity contribution in [3.8, 4) is 22.5 Å². The molecule has 0 saturated heterocycles. The number of para-hydroxylation sites is 3. The van der Waals surface area contributed by atoms with Gasteiger partial charge in [-0.1, -0.05) is 154 Å². The third kappa shape index (κ3) is 5.07. The molecule has 11 aromatic rings. The molecule has 2 heteroatoms. The highest BCUT2D eigenvalue weighted by atomic mass is 15.0. The highest BCUT2D eigenvalue weighted by Gasteiger charge is 2.27. The van der Waals surface area contributed by atoms with Crippen LogP contribution in [0, 0.1) is 0 Å². The molecule has 1 aliphatic carbocycles. The van der Waals surface area contributed by atoms with Crippen molar-refractivity contribution in [2.75, 3.05) is 0 Å². The molecule has 0 bridgehead atoms. The predicted octanol–water partition coefficient (Wildman–Crippen LogP) is 13.5. The predicted molar refractivity (Wildman–Crippen MR) is 256 cm³/mol. The lowest BCUT2D eigenvalue weighted by Crippen LogP contribution is -2.30. The van der Waals surface area contributed by atoms with E-state index in [0.29, 0.717) is 0 Å². The maximum Gasteiger partial charge on any atom is 0.0541 e. The van der Waals surface area contributed by atoms with Crippen LogP contribution in [0.25, 0.3) is 99.7 Å². The Hall–Kier alpha value is -7.42. The van der Waals surface area contributed by atoms with E-state index in [4.69, 9.17) is 6.58 Å². The fourth-order valence-corrected chi connectivity index (χ4v) is 10.2. The number of allylic oxidation sites excluding steroid dienone is 1. The Balaban J connectivity index is 1.12. The second-order valence-electron chi connectivity index (χ2n) is 17.0. The Kier molecular flexibility index (Phi) is 7.52. The van der Waals surface area contributed by atoms with Crippen LogP contribution < -0.4 is 10.6 Å². The topological polar surface area (TPSA) is 9.86 Å². The Morgan fingerprint density at radius 1 is 0.433 bits per heavy atom. The highest BCUT2D eigenvalue weighted by molar-refractivity contribution is 6.26. The number of nitrogens with zero attached hydrogens (tertiary/aromatic N) is 2. The van der Waals surface area contributed by atoms with Crippen molar-refractivity contribution in [2.24, 2.45) is 0 Å². The van der Waals surface area contributed by atoms with Crippen LogP contribution in [0.5, 0.6) is 0 Å². The van der Waals surface area contributed by atoms with E-state index >= 15 is 0 Å². The van der Waals surface area contributed by atoms with Crippen LogP contribution in [0.3, 0.4) is 0 Å². The molecular formula is C58H42N2. The number of hydrogen-bond acceptors (Lipinski definition) is 0. The van der Waals surface area contributed by atoms with Crippen LogP contribution in [0.15, 0.2) is 194 Å². The SMILES string of the molecule is C=C1/C=c2\c(c3cc(-c4ccc5c6ccccc6c6ccc(-n7c8ccccc8c8ccccc87)cc6c5c4)ccc3n2-c2ccccc2)=C/Cc2ccccc2C1(C)C. The van der Waals surface area contributed by atoms with Gasteiger partial charge in [-0.2, -0.15) is 0 Å². The van der Waals surface area contributed by atoms with Gasteiger partial charge in [0.15, 0.2) is 0 Å². The van der Waals surface area contributed by atoms with Crippen molar-refractivity contribution in [3.63, 3.8) is 0 Å². The quantitative estimate of drug-likeness (QED) is 0.159. The summed E-state index contributed by atoms with van der Waals surface area (Å²) in [5.74, 6) is 0. The molecule has 0 saturated carbocycles. The van der Waals surface area contributed by atoms with Gasteiger partial charge in [0, 0.05) is 38.2 Å². The van der Waals surface area contributed by atoms with Crippen LogP contribution in [0.1, 0.15) is 25.0 Å². The largest absolute Gasteiger partial charge is 0.309 e. The van der Waals surface area contributed by atoms with Crippen LogP contribution in [-0.2, 0) is 11.8 Å². The van der Waals surface area contributed by atoms with Crippen LogP contribution >= 0.6 is 0 Å². The summed E-state index contributed by atoms with van der Waals surface area (Å²) in [4.78, 5) is 0. The lowest BCUT2D eigenvalue weighted by molar-refractivity contribution is 0.642. The normalized spacial score (nSPS) is 15.0. The minimum Gasteiger partial charge on any atom is -0.309 e. The highest BCUT2D eigenvalue weighted by Crippen LogP contribution is 2.40. The average molecular weight is 767 g/mol. The molecule has 1 aliphatic rings. The third-order valence-corrected chi connectivity index (χ3v) is 13.4. The molecule has 2 heterocycles. The molecule has 0 unspecified atom stereocenters. The molecule has 0 atom stereocenters. The van der Waals surface area contributed by atoms with Crippen molar-refractivity contribution < 1.29 is 0 Å². The van der Waals surface area contributed by atoms with Gasteiger partial charge in [0.2, 0.25) is 0 Å². The molecule has 0 fully saturated rings. The van der Waals surface area contributed by atoms with Gasteiger partial charge < -0.3 is 9.13 Å². The maximum absolute atomic E-state index is 4.72. The molecule has 0 aliphatic heterocycles. The van der Waals surface area contributed by atoms with Crippen molar-refractivity contribution in [1.29, 1.82) is 0 Å². The van der Waals surface area contributed by atoms with Gasteiger partial charge in [-0.05, 0) is 127 Å². The summed E-state index contributed by atoms with van der Waals surface area (Å²) in [5.41, 5.74) is 11.9. The first-order valence-electron chi connectivity index (χ1n) is 21.0. The van der Waals surface area contributed by atoms with E-state index < -0.39 is 0 Å². The van der Waals surface area contributed by atoms with Gasteiger partial charge in [-0.3, -0.25) is 0 Å². The van der Waals surface area contributed by atoms with Gasteiger partial charge in [0.05, 0.1) is 21.9 Å². The molecule has 0 spiro atoms. The summed E-state index contributed by atoms with van der Waals surface area (Å²) in [7, 11) is 0. The first-order valence-corrected chi connectivity index (χ1v) is 21.0. The number of hydrogen-bond donors (Lipinski definition) is 0. The second-order valence-corrected chi connectivity index (χ2v) is 17.0. The van der Waals surface area contributed by atoms with E-state index in [1.54, 1.807) is 0 Å². The van der Waals surface area contributed by atoms with Gasteiger partial charge in [0.1, 0.15) is 0 Å². The van der Waals surface area contributed by atoms with Gasteiger partial charge >= 0.3 is 0 Å². The number of aromatic nitrogens is 2. The van der Waals surface area contributed by atoms with E-state index in [2.05, 4.69) is 217 Å². The molecule has 0 N–H and O–H groups in total. The maximum atomic E-state index is 4.72. The third-order valence-electron chi connectivity index (χ3n) is 13.4. The molecular weight excluding hydrogens is 725 g/mol. The smallest absolute Gasteiger partial charge is 0.0541 e. The zero-order valence-electron chi connectivity index (χ0n) is 33.8. The van der Waals surface area contributed by atoms with E-state index in [0.717, 1.165) is 17.7 Å². The van der Waals surface area contributed by atoms with Crippen molar-refractivity contribution in [1.82, 2.24) is 9.13 Å². The monoisotopic (exact) mass is 766 g/mol. The molecule has 12 rings (SSSR count). The second kappa shape index (κ2) is 13.0. The van der Waals surface area contributed by atoms with Crippen LogP contribution in [-0.4, -0.2) is 9.13 Å². The lowest BCUT2D eigenvalue weighted by atomic mass is 9.76. The van der Waals surface area contributed by atoms with E-state index in [1.807, 2.05) is 0 Å². The van der Waals surface area contributed by atoms with Crippen molar-refractivity contribution >= 4 is 77.2 Å². The molecule has 9 aromatic carbocycles. The Labute approximate surface area is 348 Å². The summed E-state index contributed by atoms with van der Waals surface area (Å²) < 4.78 is 4.86. The van der Waals surface area contributed by atoms with Crippen LogP contribution in [0.4, 0.5) is 0 Å². The summed E-state index contributed by atoms with van der Waals surface area (Å²) in [6.45, 7) is 9.34. The molecule has 2 nitrogen and oxygen atoms in total. The molecule has 284 valence electrons. The summed E-state index contributed by atoms with van der Waals surface area (Å²) in [5, 5.41) is 13.8. The molecule has 0 radical (unpaired) electrons. The summed E-state index contributed by atoms with van der Waals surface area (Å²) in [6, 6.07) is 67.3. The lowest BCUT2D eigenvalue weighted by Gasteiger charge is -2.28. The zero-order chi connectivity index (χ0) is 40.1. The standard InChI is InChI=1S/C58H42N2/c1-37-33-57-49(30-25-38-15-7-12-22-53(38)58(37,2)3)52-35-40(27-32-56(52)59(57)41-16-5-4-6-17-41)39-26-29-45-43-18-8-9-19-44(43)46-31-28-42(36-51(46)50(45)34-39)60-54-23-13-10-20-47(54)48-21-11-14-24-55(48)60/h4-24,26-36H,1,25H2,2-3H3/b49-30-,57-33+. The van der Waals surface area contributed by atoms with Crippen LogP contribution in [0.2, 0.25) is 0 Å². The Bertz CT molecular complexity index is 3670. The molecule has 60 heavy (non-hydrogen) atoms. The summed E-state index contributed by atoms with van der Waals surface area (Å²) in [6.07, 6.45) is 5.62. The fourth-order valence-electron chi connectivity index (χ4n) is 10.2. The Morgan fingerprint density at radius 2 is 0.967 bits per heavy atom. The zero-order valence-corrected chi connectivity index (χ0v) is 33.8. The first kappa shape index (κ1) is 34.6. The van der Waals surface area contributed by atoms with Gasteiger partial charge in [-0.25, -0.2) is 0 Å². The number of benzene rings is 9. The van der Waals surface area contributed by atoms with E-state index in [-0.39, 0.29) is 5.41 Å².